The minimum atomic E-state index is -4.37. The van der Waals surface area contributed by atoms with Gasteiger partial charge in [-0.15, -0.1) is 0 Å². The number of nitrogens with zero attached hydrogens (tertiary/aromatic N) is 4. The quantitative estimate of drug-likeness (QED) is 0.515. The van der Waals surface area contributed by atoms with E-state index >= 15 is 0 Å². The molecule has 2 atom stereocenters. The van der Waals surface area contributed by atoms with Crippen LogP contribution in [0, 0.1) is 6.92 Å². The maximum Gasteiger partial charge on any atom is 0.416 e. The van der Waals surface area contributed by atoms with Gasteiger partial charge in [-0.25, -0.2) is 9.97 Å². The van der Waals surface area contributed by atoms with Gasteiger partial charge in [-0.1, -0.05) is 6.07 Å². The van der Waals surface area contributed by atoms with E-state index in [0.29, 0.717) is 86.9 Å². The molecule has 0 spiro atoms. The van der Waals surface area contributed by atoms with E-state index in [4.69, 9.17) is 24.2 Å². The SMILES string of the molecule is CO[C@@H]1COCCC1NC1CCN(C(=O)c2nc(C3CCOCC3)nc(N3CCc4cc(C(F)(F)F)ccc4C3)c2C)CC1. The van der Waals surface area contributed by atoms with Gasteiger partial charge in [0.05, 0.1) is 18.3 Å². The Morgan fingerprint density at radius 2 is 1.75 bits per heavy atom. The number of nitrogens with one attached hydrogen (secondary N) is 1. The zero-order chi connectivity index (χ0) is 30.8. The standard InChI is InChI=1S/C32H42F3N5O4/c1-20-28(31(41)39-12-6-25(7-13-39)36-26-10-16-44-19-27(26)42-2)37-29(21-8-14-43-15-9-21)38-30(20)40-11-5-22-17-24(32(33,34)35)4-3-23(22)18-40/h3-4,17,21,25-27,36H,5-16,18-19H2,1-2H3/t26?,27-/m1/s1. The number of likely N-dealkylation sites (tertiary alicyclic amines) is 1. The van der Waals surface area contributed by atoms with Gasteiger partial charge in [0.1, 0.15) is 17.3 Å². The van der Waals surface area contributed by atoms with Crippen molar-refractivity contribution >= 4 is 11.7 Å². The molecule has 9 nitrogen and oxygen atoms in total. The molecule has 1 N–H and O–H groups in total. The van der Waals surface area contributed by atoms with E-state index in [-0.39, 0.29) is 24.0 Å². The molecule has 1 amide bonds. The van der Waals surface area contributed by atoms with Crippen LogP contribution in [0.3, 0.4) is 0 Å². The minimum Gasteiger partial charge on any atom is -0.381 e. The lowest BCUT2D eigenvalue weighted by Gasteiger charge is -2.38. The Morgan fingerprint density at radius 1 is 1.00 bits per heavy atom. The molecule has 6 rings (SSSR count). The van der Waals surface area contributed by atoms with E-state index in [1.165, 1.54) is 6.07 Å². The van der Waals surface area contributed by atoms with Crippen LogP contribution < -0.4 is 10.2 Å². The van der Waals surface area contributed by atoms with Gasteiger partial charge in [-0.3, -0.25) is 4.79 Å². The maximum atomic E-state index is 14.0. The number of piperidine rings is 1. The number of methoxy groups -OCH3 is 1. The second kappa shape index (κ2) is 13.3. The Hall–Kier alpha value is -2.80. The molecule has 0 aliphatic carbocycles. The average Bonchev–Trinajstić information content (AvgIpc) is 3.04. The summed E-state index contributed by atoms with van der Waals surface area (Å²) >= 11 is 0. The Balaban J connectivity index is 1.21. The number of anilines is 1. The number of ether oxygens (including phenoxy) is 3. The normalized spacial score (nSPS) is 23.9. The molecule has 4 aliphatic heterocycles. The van der Waals surface area contributed by atoms with E-state index in [0.717, 1.165) is 50.3 Å². The van der Waals surface area contributed by atoms with Crippen LogP contribution in [0.25, 0.3) is 0 Å². The highest BCUT2D eigenvalue weighted by atomic mass is 19.4. The molecule has 1 unspecified atom stereocenters. The number of alkyl halides is 3. The summed E-state index contributed by atoms with van der Waals surface area (Å²) in [6.07, 6.45) is 0.275. The van der Waals surface area contributed by atoms with Crippen LogP contribution in [0.4, 0.5) is 19.0 Å². The summed E-state index contributed by atoms with van der Waals surface area (Å²) in [5.41, 5.74) is 2.06. The fourth-order valence-corrected chi connectivity index (χ4v) is 6.92. The molecular weight excluding hydrogens is 575 g/mol. The number of hydrogen-bond donors (Lipinski definition) is 1. The lowest BCUT2D eigenvalue weighted by Crippen LogP contribution is -2.54. The minimum absolute atomic E-state index is 0.0301. The summed E-state index contributed by atoms with van der Waals surface area (Å²) in [7, 11) is 1.72. The van der Waals surface area contributed by atoms with Gasteiger partial charge in [0, 0.05) is 76.7 Å². The van der Waals surface area contributed by atoms with Crippen molar-refractivity contribution in [2.75, 3.05) is 58.1 Å². The Kier molecular flexibility index (Phi) is 9.42. The highest BCUT2D eigenvalue weighted by Crippen LogP contribution is 2.35. The summed E-state index contributed by atoms with van der Waals surface area (Å²) in [6.45, 7) is 6.64. The van der Waals surface area contributed by atoms with Crippen LogP contribution in [-0.4, -0.2) is 92.1 Å². The molecule has 1 aromatic heterocycles. The van der Waals surface area contributed by atoms with Crippen molar-refractivity contribution in [1.82, 2.24) is 20.2 Å². The first-order valence-electron chi connectivity index (χ1n) is 15.8. The third-order valence-corrected chi connectivity index (χ3v) is 9.61. The Bertz CT molecular complexity index is 1330. The zero-order valence-electron chi connectivity index (χ0n) is 25.5. The molecule has 3 fully saturated rings. The van der Waals surface area contributed by atoms with Crippen LogP contribution in [0.1, 0.15) is 76.6 Å². The second-order valence-electron chi connectivity index (χ2n) is 12.4. The van der Waals surface area contributed by atoms with Crippen LogP contribution in [-0.2, 0) is 33.4 Å². The van der Waals surface area contributed by atoms with E-state index < -0.39 is 11.7 Å². The lowest BCUT2D eigenvalue weighted by molar-refractivity contribution is -0.137. The van der Waals surface area contributed by atoms with E-state index in [1.807, 2.05) is 11.8 Å². The number of rotatable bonds is 6. The highest BCUT2D eigenvalue weighted by Gasteiger charge is 2.34. The molecule has 2 aromatic rings. The first-order chi connectivity index (χ1) is 21.2. The maximum absolute atomic E-state index is 14.0. The number of aromatic nitrogens is 2. The molecule has 0 saturated carbocycles. The fourth-order valence-electron chi connectivity index (χ4n) is 6.92. The second-order valence-corrected chi connectivity index (χ2v) is 12.4. The number of benzene rings is 1. The summed E-state index contributed by atoms with van der Waals surface area (Å²) < 4.78 is 56.7. The largest absolute Gasteiger partial charge is 0.416 e. The predicted molar refractivity (Wildman–Crippen MR) is 158 cm³/mol. The van der Waals surface area contributed by atoms with Crippen LogP contribution in [0.15, 0.2) is 18.2 Å². The Labute approximate surface area is 256 Å². The van der Waals surface area contributed by atoms with Crippen LogP contribution in [0.5, 0.6) is 0 Å². The van der Waals surface area contributed by atoms with E-state index in [2.05, 4.69) is 10.2 Å². The summed E-state index contributed by atoms with van der Waals surface area (Å²) in [6, 6.07) is 4.51. The van der Waals surface area contributed by atoms with Crippen molar-refractivity contribution in [1.29, 1.82) is 0 Å². The number of carbonyl (C=O) groups is 1. The predicted octanol–water partition coefficient (Wildman–Crippen LogP) is 4.26. The van der Waals surface area contributed by atoms with Crippen molar-refractivity contribution in [3.05, 3.63) is 52.0 Å². The molecule has 240 valence electrons. The van der Waals surface area contributed by atoms with E-state index in [1.54, 1.807) is 13.2 Å². The number of fused-ring (bicyclic) bond motifs is 1. The number of hydrogen-bond acceptors (Lipinski definition) is 8. The number of halogens is 3. The van der Waals surface area contributed by atoms with Crippen molar-refractivity contribution in [2.45, 2.75) is 82.3 Å². The number of carbonyl (C=O) groups excluding carboxylic acids is 1. The molecule has 0 radical (unpaired) electrons. The van der Waals surface area contributed by atoms with Gasteiger partial charge in [0.2, 0.25) is 0 Å². The van der Waals surface area contributed by atoms with Gasteiger partial charge in [-0.2, -0.15) is 13.2 Å². The third-order valence-electron chi connectivity index (χ3n) is 9.61. The zero-order valence-corrected chi connectivity index (χ0v) is 25.5. The van der Waals surface area contributed by atoms with Gasteiger partial charge in [-0.05, 0) is 68.7 Å². The molecule has 0 bridgehead atoms. The monoisotopic (exact) mass is 617 g/mol. The van der Waals surface area contributed by atoms with Gasteiger partial charge in [0.25, 0.3) is 5.91 Å². The summed E-state index contributed by atoms with van der Waals surface area (Å²) in [5.74, 6) is 1.34. The molecular formula is C32H42F3N5O4. The molecule has 4 aliphatic rings. The van der Waals surface area contributed by atoms with Crippen molar-refractivity contribution in [3.8, 4) is 0 Å². The highest BCUT2D eigenvalue weighted by molar-refractivity contribution is 5.95. The lowest BCUT2D eigenvalue weighted by atomic mass is 9.96. The van der Waals surface area contributed by atoms with E-state index in [9.17, 15) is 18.0 Å². The van der Waals surface area contributed by atoms with Gasteiger partial charge >= 0.3 is 6.18 Å². The molecule has 5 heterocycles. The van der Waals surface area contributed by atoms with Crippen LogP contribution in [0.2, 0.25) is 0 Å². The molecule has 3 saturated heterocycles. The molecule has 1 aromatic carbocycles. The topological polar surface area (TPSA) is 89.0 Å². The first-order valence-corrected chi connectivity index (χ1v) is 15.8. The molecule has 12 heteroatoms. The number of amides is 1. The Morgan fingerprint density at radius 3 is 2.48 bits per heavy atom. The fraction of sp³-hybridized carbons (Fsp3) is 0.656. The van der Waals surface area contributed by atoms with Gasteiger partial charge < -0.3 is 29.3 Å². The summed E-state index contributed by atoms with van der Waals surface area (Å²) in [5, 5.41) is 3.74. The van der Waals surface area contributed by atoms with Crippen LogP contribution >= 0.6 is 0 Å². The van der Waals surface area contributed by atoms with Crippen molar-refractivity contribution in [3.63, 3.8) is 0 Å². The third kappa shape index (κ3) is 6.73. The average molecular weight is 618 g/mol. The smallest absolute Gasteiger partial charge is 0.381 e. The van der Waals surface area contributed by atoms with Crippen molar-refractivity contribution in [2.24, 2.45) is 0 Å². The van der Waals surface area contributed by atoms with Gasteiger partial charge in [0.15, 0.2) is 0 Å². The molecule has 44 heavy (non-hydrogen) atoms. The first kappa shape index (κ1) is 31.2. The van der Waals surface area contributed by atoms with Crippen molar-refractivity contribution < 1.29 is 32.2 Å². The summed E-state index contributed by atoms with van der Waals surface area (Å²) in [4.78, 5) is 27.9.